The molecule has 0 unspecified atom stereocenters. The second kappa shape index (κ2) is 4.92. The van der Waals surface area contributed by atoms with E-state index in [-0.39, 0.29) is 0 Å². The summed E-state index contributed by atoms with van der Waals surface area (Å²) in [5.74, 6) is 0. The van der Waals surface area contributed by atoms with Gasteiger partial charge in [0.2, 0.25) is 0 Å². The molecule has 2 aliphatic rings. The zero-order valence-corrected chi connectivity index (χ0v) is 11.9. The van der Waals surface area contributed by atoms with Crippen LogP contribution in [0.3, 0.4) is 0 Å². The highest BCUT2D eigenvalue weighted by Crippen LogP contribution is 2.39. The fraction of sp³-hybridized carbons (Fsp3) is 0.267. The van der Waals surface area contributed by atoms with Crippen molar-refractivity contribution in [3.05, 3.63) is 34.5 Å². The van der Waals surface area contributed by atoms with Gasteiger partial charge in [-0.2, -0.15) is 0 Å². The molecule has 0 spiro atoms. The third kappa shape index (κ3) is 1.99. The summed E-state index contributed by atoms with van der Waals surface area (Å²) in [6.07, 6.45) is 1.96. The summed E-state index contributed by atoms with van der Waals surface area (Å²) in [5.41, 5.74) is 5.73. The number of aliphatic imine (C=N–C) groups is 1. The second-order valence-corrected chi connectivity index (χ2v) is 5.78. The molecular formula is C15H16N4S. The van der Waals surface area contributed by atoms with Crippen molar-refractivity contribution >= 4 is 40.3 Å². The normalized spacial score (nSPS) is 17.1. The Kier molecular flexibility index (Phi) is 2.94. The lowest BCUT2D eigenvalue weighted by Crippen LogP contribution is -2.43. The number of thiophene rings is 1. The predicted molar refractivity (Wildman–Crippen MR) is 86.4 cm³/mol. The maximum absolute atomic E-state index is 4.57. The van der Waals surface area contributed by atoms with Gasteiger partial charge in [0.25, 0.3) is 0 Å². The van der Waals surface area contributed by atoms with Gasteiger partial charge >= 0.3 is 0 Å². The van der Waals surface area contributed by atoms with Gasteiger partial charge in [-0.3, -0.25) is 4.99 Å². The number of anilines is 3. The highest BCUT2D eigenvalue weighted by atomic mass is 32.1. The van der Waals surface area contributed by atoms with Crippen LogP contribution in [-0.4, -0.2) is 32.4 Å². The Balaban J connectivity index is 1.79. The summed E-state index contributed by atoms with van der Waals surface area (Å²) >= 11 is 1.68. The summed E-state index contributed by atoms with van der Waals surface area (Å²) in [6.45, 7) is 4.18. The first kappa shape index (κ1) is 11.9. The van der Waals surface area contributed by atoms with Crippen LogP contribution in [0.2, 0.25) is 0 Å². The number of benzene rings is 1. The molecule has 1 fully saturated rings. The van der Waals surface area contributed by atoms with E-state index in [1.807, 2.05) is 6.21 Å². The van der Waals surface area contributed by atoms with Gasteiger partial charge < -0.3 is 15.5 Å². The Morgan fingerprint density at radius 1 is 1.15 bits per heavy atom. The molecule has 0 aliphatic carbocycles. The molecule has 1 aromatic carbocycles. The number of fused-ring (bicyclic) bond motifs is 2. The van der Waals surface area contributed by atoms with E-state index in [1.54, 1.807) is 11.3 Å². The summed E-state index contributed by atoms with van der Waals surface area (Å²) in [5, 5.41) is 11.2. The summed E-state index contributed by atoms with van der Waals surface area (Å²) in [4.78, 5) is 7.00. The molecule has 3 heterocycles. The minimum absolute atomic E-state index is 1.03. The second-order valence-electron chi connectivity index (χ2n) is 5.03. The van der Waals surface area contributed by atoms with Crippen LogP contribution in [0.4, 0.5) is 22.7 Å². The minimum Gasteiger partial charge on any atom is -0.367 e. The monoisotopic (exact) mass is 284 g/mol. The molecule has 2 aliphatic heterocycles. The quantitative estimate of drug-likeness (QED) is 0.721. The van der Waals surface area contributed by atoms with Gasteiger partial charge in [0, 0.05) is 48.7 Å². The molecule has 5 heteroatoms. The molecule has 20 heavy (non-hydrogen) atoms. The topological polar surface area (TPSA) is 39.7 Å². The van der Waals surface area contributed by atoms with Crippen molar-refractivity contribution in [3.8, 4) is 0 Å². The fourth-order valence-electron chi connectivity index (χ4n) is 2.73. The molecule has 102 valence electrons. The summed E-state index contributed by atoms with van der Waals surface area (Å²) < 4.78 is 0. The van der Waals surface area contributed by atoms with E-state index in [0.29, 0.717) is 0 Å². The smallest absolute Gasteiger partial charge is 0.0971 e. The van der Waals surface area contributed by atoms with Gasteiger partial charge in [-0.1, -0.05) is 12.1 Å². The first-order valence-electron chi connectivity index (χ1n) is 6.88. The van der Waals surface area contributed by atoms with Crippen molar-refractivity contribution in [2.24, 2.45) is 4.99 Å². The van der Waals surface area contributed by atoms with Crippen LogP contribution in [-0.2, 0) is 0 Å². The van der Waals surface area contributed by atoms with E-state index < -0.39 is 0 Å². The van der Waals surface area contributed by atoms with Crippen LogP contribution in [0.25, 0.3) is 0 Å². The van der Waals surface area contributed by atoms with Gasteiger partial charge in [-0.25, -0.2) is 0 Å². The number of piperazine rings is 1. The predicted octanol–water partition coefficient (Wildman–Crippen LogP) is 2.97. The summed E-state index contributed by atoms with van der Waals surface area (Å²) in [7, 11) is 0. The number of nitrogens with zero attached hydrogens (tertiary/aromatic N) is 2. The molecule has 4 nitrogen and oxygen atoms in total. The first-order chi connectivity index (χ1) is 9.92. The van der Waals surface area contributed by atoms with E-state index in [1.165, 1.54) is 11.4 Å². The molecule has 1 aromatic heterocycles. The molecule has 4 rings (SSSR count). The van der Waals surface area contributed by atoms with Crippen LogP contribution < -0.4 is 15.5 Å². The maximum atomic E-state index is 4.57. The number of hydrogen-bond acceptors (Lipinski definition) is 5. The Morgan fingerprint density at radius 2 is 2.05 bits per heavy atom. The maximum Gasteiger partial charge on any atom is 0.0971 e. The third-order valence-electron chi connectivity index (χ3n) is 3.78. The Hall–Kier alpha value is -1.85. The lowest BCUT2D eigenvalue weighted by Gasteiger charge is -2.31. The van der Waals surface area contributed by atoms with E-state index in [9.17, 15) is 0 Å². The average Bonchev–Trinajstić information content (AvgIpc) is 2.87. The van der Waals surface area contributed by atoms with Crippen LogP contribution in [0, 0.1) is 0 Å². The number of nitrogens with one attached hydrogen (secondary N) is 2. The molecule has 1 saturated heterocycles. The van der Waals surface area contributed by atoms with Crippen LogP contribution >= 0.6 is 11.3 Å². The molecule has 2 aromatic rings. The molecular weight excluding hydrogens is 268 g/mol. The average molecular weight is 284 g/mol. The van der Waals surface area contributed by atoms with E-state index in [0.717, 1.165) is 43.1 Å². The lowest BCUT2D eigenvalue weighted by atomic mass is 10.1. The molecule has 2 N–H and O–H groups in total. The molecule has 0 atom stereocenters. The SMILES string of the molecule is C1=Nc2cscc2Nc2c1cccc2N1CCNCC1. The highest BCUT2D eigenvalue weighted by Gasteiger charge is 2.18. The Morgan fingerprint density at radius 3 is 2.95 bits per heavy atom. The van der Waals surface area contributed by atoms with Gasteiger partial charge in [0.15, 0.2) is 0 Å². The zero-order valence-electron chi connectivity index (χ0n) is 11.1. The number of para-hydroxylation sites is 1. The fourth-order valence-corrected chi connectivity index (χ4v) is 3.43. The van der Waals surface area contributed by atoms with Crippen molar-refractivity contribution in [2.45, 2.75) is 0 Å². The van der Waals surface area contributed by atoms with Crippen molar-refractivity contribution in [1.29, 1.82) is 0 Å². The van der Waals surface area contributed by atoms with Gasteiger partial charge in [0.1, 0.15) is 0 Å². The molecule has 0 amide bonds. The lowest BCUT2D eigenvalue weighted by molar-refractivity contribution is 0.589. The number of rotatable bonds is 1. The molecule has 0 bridgehead atoms. The van der Waals surface area contributed by atoms with E-state index in [4.69, 9.17) is 0 Å². The standard InChI is InChI=1S/C15H16N4S/c1-2-11-8-17-12-9-20-10-13(12)18-15(11)14(3-1)19-6-4-16-5-7-19/h1-3,8-10,16,18H,4-7H2. The third-order valence-corrected chi connectivity index (χ3v) is 4.51. The Labute approximate surface area is 122 Å². The zero-order chi connectivity index (χ0) is 13.4. The van der Waals surface area contributed by atoms with Gasteiger partial charge in [0.05, 0.1) is 22.7 Å². The van der Waals surface area contributed by atoms with Crippen molar-refractivity contribution < 1.29 is 0 Å². The van der Waals surface area contributed by atoms with Crippen LogP contribution in [0.15, 0.2) is 34.0 Å². The molecule has 0 radical (unpaired) electrons. The van der Waals surface area contributed by atoms with Crippen molar-refractivity contribution in [1.82, 2.24) is 5.32 Å². The number of hydrogen-bond donors (Lipinski definition) is 2. The van der Waals surface area contributed by atoms with Crippen LogP contribution in [0.5, 0.6) is 0 Å². The Bertz CT molecular complexity index is 656. The molecule has 0 saturated carbocycles. The summed E-state index contributed by atoms with van der Waals surface area (Å²) in [6, 6.07) is 6.43. The van der Waals surface area contributed by atoms with Crippen molar-refractivity contribution in [3.63, 3.8) is 0 Å². The van der Waals surface area contributed by atoms with Gasteiger partial charge in [-0.15, -0.1) is 11.3 Å². The van der Waals surface area contributed by atoms with Gasteiger partial charge in [-0.05, 0) is 6.07 Å². The van der Waals surface area contributed by atoms with E-state index >= 15 is 0 Å². The highest BCUT2D eigenvalue weighted by molar-refractivity contribution is 7.08. The first-order valence-corrected chi connectivity index (χ1v) is 7.82. The van der Waals surface area contributed by atoms with Crippen molar-refractivity contribution in [2.75, 3.05) is 36.4 Å². The largest absolute Gasteiger partial charge is 0.367 e. The van der Waals surface area contributed by atoms with Crippen LogP contribution in [0.1, 0.15) is 5.56 Å². The van der Waals surface area contributed by atoms with E-state index in [2.05, 4.69) is 49.5 Å². The minimum atomic E-state index is 1.03.